The van der Waals surface area contributed by atoms with E-state index in [-0.39, 0.29) is 17.2 Å². The third-order valence-electron chi connectivity index (χ3n) is 2.80. The number of rotatable bonds is 4. The molecule has 0 bridgehead atoms. The fourth-order valence-electron chi connectivity index (χ4n) is 1.73. The molecular formula is C13H12BrClN2O3. The van der Waals surface area contributed by atoms with E-state index in [9.17, 15) is 4.79 Å². The molecule has 0 amide bonds. The normalized spacial score (nSPS) is 10.6. The molecule has 1 heterocycles. The van der Waals surface area contributed by atoms with Crippen LogP contribution >= 0.6 is 27.5 Å². The standard InChI is InChI=1S/C13H12BrClN2O3/c1-7-12(14)10(17(2)16-7)6-20-11-4-3-8(13(18)19)5-9(11)15/h3-5H,6H2,1-2H3,(H,18,19). The summed E-state index contributed by atoms with van der Waals surface area (Å²) in [6.07, 6.45) is 0. The highest BCUT2D eigenvalue weighted by Gasteiger charge is 2.13. The van der Waals surface area contributed by atoms with E-state index in [4.69, 9.17) is 21.4 Å². The summed E-state index contributed by atoms with van der Waals surface area (Å²) in [6, 6.07) is 4.36. The molecule has 0 unspecified atom stereocenters. The summed E-state index contributed by atoms with van der Waals surface area (Å²) in [5, 5.41) is 13.4. The molecule has 0 atom stereocenters. The highest BCUT2D eigenvalue weighted by molar-refractivity contribution is 9.10. The van der Waals surface area contributed by atoms with Crippen LogP contribution in [-0.4, -0.2) is 20.9 Å². The Balaban J connectivity index is 2.17. The van der Waals surface area contributed by atoms with Crippen molar-refractivity contribution in [2.75, 3.05) is 0 Å². The van der Waals surface area contributed by atoms with Crippen LogP contribution < -0.4 is 4.74 Å². The largest absolute Gasteiger partial charge is 0.486 e. The zero-order valence-corrected chi connectivity index (χ0v) is 13.2. The van der Waals surface area contributed by atoms with Crippen LogP contribution in [0.1, 0.15) is 21.7 Å². The van der Waals surface area contributed by atoms with Crippen molar-refractivity contribution in [2.45, 2.75) is 13.5 Å². The van der Waals surface area contributed by atoms with E-state index >= 15 is 0 Å². The number of hydrogen-bond acceptors (Lipinski definition) is 3. The molecule has 2 rings (SSSR count). The SMILES string of the molecule is Cc1nn(C)c(COc2ccc(C(=O)O)cc2Cl)c1Br. The molecule has 1 aromatic carbocycles. The van der Waals surface area contributed by atoms with Gasteiger partial charge in [0.25, 0.3) is 0 Å². The van der Waals surface area contributed by atoms with Gasteiger partial charge in [0.05, 0.1) is 26.4 Å². The lowest BCUT2D eigenvalue weighted by atomic mass is 10.2. The van der Waals surface area contributed by atoms with Gasteiger partial charge in [-0.3, -0.25) is 4.68 Å². The molecule has 1 N–H and O–H groups in total. The van der Waals surface area contributed by atoms with E-state index in [1.165, 1.54) is 12.1 Å². The monoisotopic (exact) mass is 358 g/mol. The first-order valence-corrected chi connectivity index (χ1v) is 6.91. The molecule has 106 valence electrons. The molecule has 0 spiro atoms. The molecule has 5 nitrogen and oxygen atoms in total. The summed E-state index contributed by atoms with van der Waals surface area (Å²) in [4.78, 5) is 10.8. The quantitative estimate of drug-likeness (QED) is 0.908. The molecule has 7 heteroatoms. The van der Waals surface area contributed by atoms with Crippen LogP contribution in [-0.2, 0) is 13.7 Å². The van der Waals surface area contributed by atoms with Crippen molar-refractivity contribution in [1.29, 1.82) is 0 Å². The number of halogens is 2. The molecule has 0 radical (unpaired) electrons. The fraction of sp³-hybridized carbons (Fsp3) is 0.231. The van der Waals surface area contributed by atoms with Crippen molar-refractivity contribution < 1.29 is 14.6 Å². The second-order valence-corrected chi connectivity index (χ2v) is 5.41. The van der Waals surface area contributed by atoms with Crippen molar-refractivity contribution in [3.05, 3.63) is 44.6 Å². The summed E-state index contributed by atoms with van der Waals surface area (Å²) in [6.45, 7) is 2.17. The molecule has 0 aliphatic heterocycles. The Hall–Kier alpha value is -1.53. The summed E-state index contributed by atoms with van der Waals surface area (Å²) in [5.74, 6) is -0.592. The Bertz CT molecular complexity index is 670. The molecule has 0 aliphatic carbocycles. The Kier molecular flexibility index (Phi) is 4.35. The lowest BCUT2D eigenvalue weighted by molar-refractivity contribution is 0.0697. The van der Waals surface area contributed by atoms with Crippen LogP contribution in [0, 0.1) is 6.92 Å². The van der Waals surface area contributed by atoms with Gasteiger partial charge in [0, 0.05) is 7.05 Å². The molecule has 0 saturated carbocycles. The Labute approximate surface area is 129 Å². The molecule has 0 aliphatic rings. The number of benzene rings is 1. The number of carboxylic acid groups (broad SMARTS) is 1. The van der Waals surface area contributed by atoms with Gasteiger partial charge in [0.15, 0.2) is 0 Å². The second kappa shape index (κ2) is 5.85. The van der Waals surface area contributed by atoms with Crippen LogP contribution in [0.5, 0.6) is 5.75 Å². The highest BCUT2D eigenvalue weighted by atomic mass is 79.9. The number of carbonyl (C=O) groups is 1. The Morgan fingerprint density at radius 3 is 2.75 bits per heavy atom. The van der Waals surface area contributed by atoms with Gasteiger partial charge in [0.2, 0.25) is 0 Å². The number of aromatic nitrogens is 2. The lowest BCUT2D eigenvalue weighted by Gasteiger charge is -2.09. The molecule has 0 saturated heterocycles. The van der Waals surface area contributed by atoms with Gasteiger partial charge in [-0.2, -0.15) is 5.10 Å². The Morgan fingerprint density at radius 1 is 1.55 bits per heavy atom. The predicted molar refractivity (Wildman–Crippen MR) is 78.4 cm³/mol. The predicted octanol–water partition coefficient (Wildman–Crippen LogP) is 3.42. The van der Waals surface area contributed by atoms with Gasteiger partial charge in [0.1, 0.15) is 12.4 Å². The fourth-order valence-corrected chi connectivity index (χ4v) is 2.42. The maximum atomic E-state index is 10.8. The van der Waals surface area contributed by atoms with Gasteiger partial charge in [-0.1, -0.05) is 11.6 Å². The van der Waals surface area contributed by atoms with Gasteiger partial charge in [-0.05, 0) is 41.1 Å². The number of aromatic carboxylic acids is 1. The topological polar surface area (TPSA) is 64.4 Å². The number of hydrogen-bond donors (Lipinski definition) is 1. The van der Waals surface area contributed by atoms with E-state index in [0.29, 0.717) is 5.75 Å². The number of nitrogens with zero attached hydrogens (tertiary/aromatic N) is 2. The lowest BCUT2D eigenvalue weighted by Crippen LogP contribution is -2.04. The number of carboxylic acids is 1. The van der Waals surface area contributed by atoms with E-state index in [0.717, 1.165) is 15.9 Å². The Morgan fingerprint density at radius 2 is 2.25 bits per heavy atom. The van der Waals surface area contributed by atoms with Crippen molar-refractivity contribution in [1.82, 2.24) is 9.78 Å². The molecular weight excluding hydrogens is 348 g/mol. The average Bonchev–Trinajstić information content (AvgIpc) is 2.62. The molecule has 2 aromatic rings. The summed E-state index contributed by atoms with van der Waals surface area (Å²) < 4.78 is 8.23. The first kappa shape index (κ1) is 14.9. The maximum Gasteiger partial charge on any atom is 0.335 e. The van der Waals surface area contributed by atoms with Crippen LogP contribution in [0.15, 0.2) is 22.7 Å². The van der Waals surface area contributed by atoms with Gasteiger partial charge in [-0.25, -0.2) is 4.79 Å². The second-order valence-electron chi connectivity index (χ2n) is 4.21. The van der Waals surface area contributed by atoms with Crippen LogP contribution in [0.25, 0.3) is 0 Å². The van der Waals surface area contributed by atoms with Crippen LogP contribution in [0.3, 0.4) is 0 Å². The number of aryl methyl sites for hydroxylation is 2. The van der Waals surface area contributed by atoms with Crippen molar-refractivity contribution in [2.24, 2.45) is 7.05 Å². The zero-order valence-electron chi connectivity index (χ0n) is 10.9. The van der Waals surface area contributed by atoms with Crippen molar-refractivity contribution in [3.8, 4) is 5.75 Å². The van der Waals surface area contributed by atoms with E-state index in [1.54, 1.807) is 10.7 Å². The van der Waals surface area contributed by atoms with Crippen molar-refractivity contribution >= 4 is 33.5 Å². The minimum atomic E-state index is -1.02. The summed E-state index contributed by atoms with van der Waals surface area (Å²) >= 11 is 9.45. The smallest absolute Gasteiger partial charge is 0.335 e. The molecule has 0 fully saturated rings. The highest BCUT2D eigenvalue weighted by Crippen LogP contribution is 2.28. The third-order valence-corrected chi connectivity index (χ3v) is 4.13. The van der Waals surface area contributed by atoms with Crippen LogP contribution in [0.2, 0.25) is 5.02 Å². The summed E-state index contributed by atoms with van der Waals surface area (Å²) in [7, 11) is 1.82. The molecule has 20 heavy (non-hydrogen) atoms. The summed E-state index contributed by atoms with van der Waals surface area (Å²) in [5.41, 5.74) is 1.87. The maximum absolute atomic E-state index is 10.8. The first-order chi connectivity index (χ1) is 9.40. The minimum absolute atomic E-state index is 0.125. The van der Waals surface area contributed by atoms with Gasteiger partial charge >= 0.3 is 5.97 Å². The minimum Gasteiger partial charge on any atom is -0.486 e. The van der Waals surface area contributed by atoms with E-state index in [2.05, 4.69) is 21.0 Å². The first-order valence-electron chi connectivity index (χ1n) is 5.73. The average molecular weight is 360 g/mol. The third kappa shape index (κ3) is 2.96. The van der Waals surface area contributed by atoms with Gasteiger partial charge < -0.3 is 9.84 Å². The number of ether oxygens (including phenoxy) is 1. The van der Waals surface area contributed by atoms with Crippen molar-refractivity contribution in [3.63, 3.8) is 0 Å². The van der Waals surface area contributed by atoms with E-state index < -0.39 is 5.97 Å². The zero-order chi connectivity index (χ0) is 14.9. The van der Waals surface area contributed by atoms with Crippen LogP contribution in [0.4, 0.5) is 0 Å². The van der Waals surface area contributed by atoms with Gasteiger partial charge in [-0.15, -0.1) is 0 Å². The molecule has 1 aromatic heterocycles. The van der Waals surface area contributed by atoms with E-state index in [1.807, 2.05) is 14.0 Å².